The maximum absolute atomic E-state index is 13.3. The molecule has 3 heteroatoms. The number of benzene rings is 1. The molecule has 1 aromatic carbocycles. The van der Waals surface area contributed by atoms with Gasteiger partial charge in [0.25, 0.3) is 0 Å². The van der Waals surface area contributed by atoms with Crippen LogP contribution in [-0.4, -0.2) is 17.8 Å². The Labute approximate surface area is 96.5 Å². The lowest BCUT2D eigenvalue weighted by Crippen LogP contribution is -2.20. The number of halogens is 1. The lowest BCUT2D eigenvalue weighted by atomic mass is 10.1. The highest BCUT2D eigenvalue weighted by atomic mass is 19.1. The Morgan fingerprint density at radius 1 is 1.44 bits per heavy atom. The molecule has 0 aliphatic carbocycles. The fourth-order valence-corrected chi connectivity index (χ4v) is 1.53. The molecule has 0 aliphatic rings. The highest BCUT2D eigenvalue weighted by molar-refractivity contribution is 5.23. The SMILES string of the molecule is CCC(O)CCNCc1cc(C)ccc1F. The van der Waals surface area contributed by atoms with Crippen molar-refractivity contribution in [2.75, 3.05) is 6.54 Å². The summed E-state index contributed by atoms with van der Waals surface area (Å²) in [6.07, 6.45) is 1.22. The van der Waals surface area contributed by atoms with Crippen molar-refractivity contribution < 1.29 is 9.50 Å². The van der Waals surface area contributed by atoms with Crippen molar-refractivity contribution in [1.29, 1.82) is 0 Å². The summed E-state index contributed by atoms with van der Waals surface area (Å²) in [6.45, 7) is 5.13. The molecule has 0 heterocycles. The quantitative estimate of drug-likeness (QED) is 0.729. The van der Waals surface area contributed by atoms with Crippen molar-refractivity contribution in [2.45, 2.75) is 39.3 Å². The average molecular weight is 225 g/mol. The van der Waals surface area contributed by atoms with Gasteiger partial charge in [-0.2, -0.15) is 0 Å². The summed E-state index contributed by atoms with van der Waals surface area (Å²) >= 11 is 0. The van der Waals surface area contributed by atoms with Crippen molar-refractivity contribution >= 4 is 0 Å². The summed E-state index contributed by atoms with van der Waals surface area (Å²) in [5.41, 5.74) is 1.75. The van der Waals surface area contributed by atoms with E-state index in [0.717, 1.165) is 12.0 Å². The van der Waals surface area contributed by atoms with Crippen LogP contribution in [0.4, 0.5) is 4.39 Å². The van der Waals surface area contributed by atoms with E-state index in [9.17, 15) is 9.50 Å². The van der Waals surface area contributed by atoms with Gasteiger partial charge in [0.05, 0.1) is 6.10 Å². The van der Waals surface area contributed by atoms with Crippen LogP contribution in [0.1, 0.15) is 30.9 Å². The minimum atomic E-state index is -0.255. The normalized spacial score (nSPS) is 12.8. The summed E-state index contributed by atoms with van der Waals surface area (Å²) in [6, 6.07) is 5.10. The molecule has 0 bridgehead atoms. The van der Waals surface area contributed by atoms with Crippen LogP contribution in [0.25, 0.3) is 0 Å². The van der Waals surface area contributed by atoms with Crippen molar-refractivity contribution in [3.05, 3.63) is 35.1 Å². The fourth-order valence-electron chi connectivity index (χ4n) is 1.53. The summed E-state index contributed by atoms with van der Waals surface area (Å²) in [4.78, 5) is 0. The van der Waals surface area contributed by atoms with Gasteiger partial charge in [0.2, 0.25) is 0 Å². The van der Waals surface area contributed by atoms with Gasteiger partial charge in [-0.05, 0) is 32.4 Å². The molecule has 2 N–H and O–H groups in total. The molecule has 1 unspecified atom stereocenters. The van der Waals surface area contributed by atoms with Gasteiger partial charge in [0.15, 0.2) is 0 Å². The molecule has 1 rings (SSSR count). The third-order valence-electron chi connectivity index (χ3n) is 2.64. The van der Waals surface area contributed by atoms with E-state index in [-0.39, 0.29) is 11.9 Å². The first-order chi connectivity index (χ1) is 7.63. The molecule has 0 fully saturated rings. The number of rotatable bonds is 6. The molecule has 0 amide bonds. The first-order valence-corrected chi connectivity index (χ1v) is 5.77. The van der Waals surface area contributed by atoms with E-state index in [4.69, 9.17) is 0 Å². The second-order valence-electron chi connectivity index (χ2n) is 4.12. The molecular formula is C13H20FNO. The predicted octanol–water partition coefficient (Wildman–Crippen LogP) is 2.38. The van der Waals surface area contributed by atoms with E-state index in [1.54, 1.807) is 6.07 Å². The van der Waals surface area contributed by atoms with E-state index in [1.165, 1.54) is 6.07 Å². The summed E-state index contributed by atoms with van der Waals surface area (Å²) in [7, 11) is 0. The number of nitrogens with one attached hydrogen (secondary N) is 1. The van der Waals surface area contributed by atoms with Gasteiger partial charge in [-0.1, -0.05) is 24.6 Å². The van der Waals surface area contributed by atoms with E-state index < -0.39 is 0 Å². The van der Waals surface area contributed by atoms with Crippen LogP contribution < -0.4 is 5.32 Å². The van der Waals surface area contributed by atoms with Gasteiger partial charge in [0, 0.05) is 12.1 Å². The lowest BCUT2D eigenvalue weighted by molar-refractivity contribution is 0.159. The maximum atomic E-state index is 13.3. The van der Waals surface area contributed by atoms with E-state index in [0.29, 0.717) is 25.1 Å². The average Bonchev–Trinajstić information content (AvgIpc) is 2.28. The Bertz CT molecular complexity index is 328. The molecule has 1 atom stereocenters. The molecule has 0 radical (unpaired) electrons. The van der Waals surface area contributed by atoms with Crippen molar-refractivity contribution in [3.63, 3.8) is 0 Å². The monoisotopic (exact) mass is 225 g/mol. The van der Waals surface area contributed by atoms with Crippen molar-refractivity contribution in [1.82, 2.24) is 5.32 Å². The molecule has 2 nitrogen and oxygen atoms in total. The Kier molecular flexibility index (Phi) is 5.43. The summed E-state index contributed by atoms with van der Waals surface area (Å²) in [5.74, 6) is -0.172. The summed E-state index contributed by atoms with van der Waals surface area (Å²) in [5, 5.41) is 12.5. The predicted molar refractivity (Wildman–Crippen MR) is 63.8 cm³/mol. The molecule has 0 saturated heterocycles. The third kappa shape index (κ3) is 4.29. The molecule has 0 spiro atoms. The minimum Gasteiger partial charge on any atom is -0.393 e. The van der Waals surface area contributed by atoms with Gasteiger partial charge in [-0.15, -0.1) is 0 Å². The van der Waals surface area contributed by atoms with E-state index >= 15 is 0 Å². The van der Waals surface area contributed by atoms with Gasteiger partial charge in [-0.25, -0.2) is 4.39 Å². The Balaban J connectivity index is 2.34. The van der Waals surface area contributed by atoms with Crippen LogP contribution in [0.15, 0.2) is 18.2 Å². The number of aryl methyl sites for hydroxylation is 1. The molecule has 0 saturated carbocycles. The Morgan fingerprint density at radius 2 is 2.19 bits per heavy atom. The first-order valence-electron chi connectivity index (χ1n) is 5.77. The first kappa shape index (κ1) is 13.1. The highest BCUT2D eigenvalue weighted by Gasteiger charge is 2.03. The van der Waals surface area contributed by atoms with Gasteiger partial charge in [-0.3, -0.25) is 0 Å². The van der Waals surface area contributed by atoms with E-state index in [1.807, 2.05) is 19.9 Å². The Morgan fingerprint density at radius 3 is 2.88 bits per heavy atom. The Hall–Kier alpha value is -0.930. The van der Waals surface area contributed by atoms with Crippen molar-refractivity contribution in [3.8, 4) is 0 Å². The van der Waals surface area contributed by atoms with E-state index in [2.05, 4.69) is 5.32 Å². The van der Waals surface area contributed by atoms with Gasteiger partial charge < -0.3 is 10.4 Å². The van der Waals surface area contributed by atoms with Crippen LogP contribution in [0.3, 0.4) is 0 Å². The topological polar surface area (TPSA) is 32.3 Å². The fraction of sp³-hybridized carbons (Fsp3) is 0.538. The number of hydrogen-bond donors (Lipinski definition) is 2. The van der Waals surface area contributed by atoms with Crippen LogP contribution in [0, 0.1) is 12.7 Å². The van der Waals surface area contributed by atoms with Crippen LogP contribution in [0.2, 0.25) is 0 Å². The number of aliphatic hydroxyl groups excluding tert-OH is 1. The second kappa shape index (κ2) is 6.61. The van der Waals surface area contributed by atoms with Crippen LogP contribution in [0.5, 0.6) is 0 Å². The maximum Gasteiger partial charge on any atom is 0.127 e. The van der Waals surface area contributed by atoms with Gasteiger partial charge in [0.1, 0.15) is 5.82 Å². The summed E-state index contributed by atoms with van der Waals surface area (Å²) < 4.78 is 13.3. The zero-order chi connectivity index (χ0) is 12.0. The number of aliphatic hydroxyl groups is 1. The largest absolute Gasteiger partial charge is 0.393 e. The van der Waals surface area contributed by atoms with Crippen LogP contribution >= 0.6 is 0 Å². The molecule has 0 aromatic heterocycles. The molecular weight excluding hydrogens is 205 g/mol. The van der Waals surface area contributed by atoms with Crippen molar-refractivity contribution in [2.24, 2.45) is 0 Å². The van der Waals surface area contributed by atoms with Gasteiger partial charge >= 0.3 is 0 Å². The molecule has 16 heavy (non-hydrogen) atoms. The zero-order valence-electron chi connectivity index (χ0n) is 9.96. The highest BCUT2D eigenvalue weighted by Crippen LogP contribution is 2.09. The lowest BCUT2D eigenvalue weighted by Gasteiger charge is -2.09. The molecule has 90 valence electrons. The molecule has 1 aromatic rings. The third-order valence-corrected chi connectivity index (χ3v) is 2.64. The smallest absolute Gasteiger partial charge is 0.127 e. The second-order valence-corrected chi connectivity index (χ2v) is 4.12. The van der Waals surface area contributed by atoms with Crippen LogP contribution in [-0.2, 0) is 6.54 Å². The minimum absolute atomic E-state index is 0.172. The molecule has 0 aliphatic heterocycles. The zero-order valence-corrected chi connectivity index (χ0v) is 9.96. The standard InChI is InChI=1S/C13H20FNO/c1-3-12(16)6-7-15-9-11-8-10(2)4-5-13(11)14/h4-5,8,12,15-16H,3,6-7,9H2,1-2H3. The number of hydrogen-bond acceptors (Lipinski definition) is 2.